The van der Waals surface area contributed by atoms with E-state index in [2.05, 4.69) is 15.5 Å². The average molecular weight is 320 g/mol. The Morgan fingerprint density at radius 3 is 2.70 bits per heavy atom. The van der Waals surface area contributed by atoms with E-state index in [1.165, 1.54) is 6.07 Å². The average Bonchev–Trinajstić information content (AvgIpc) is 3.01. The number of aromatic nitrogens is 4. The molecule has 124 valence electrons. The number of aryl methyl sites for hydroxylation is 2. The third-order valence-corrected chi connectivity index (χ3v) is 3.65. The van der Waals surface area contributed by atoms with Crippen LogP contribution in [0.15, 0.2) is 12.3 Å². The topological polar surface area (TPSA) is 108 Å². The second-order valence-electron chi connectivity index (χ2n) is 5.35. The van der Waals surface area contributed by atoms with Gasteiger partial charge in [0.05, 0.1) is 24.0 Å². The molecule has 0 bridgehead atoms. The van der Waals surface area contributed by atoms with E-state index in [-0.39, 0.29) is 24.3 Å². The quantitative estimate of drug-likeness (QED) is 0.641. The van der Waals surface area contributed by atoms with E-state index in [0.717, 1.165) is 22.5 Å². The molecule has 1 amide bonds. The van der Waals surface area contributed by atoms with Crippen LogP contribution in [-0.2, 0) is 17.9 Å². The molecule has 9 nitrogen and oxygen atoms in total. The van der Waals surface area contributed by atoms with Crippen LogP contribution in [0, 0.1) is 24.0 Å². The molecule has 2 rings (SSSR count). The number of nitrogens with one attached hydrogen (secondary N) is 1. The van der Waals surface area contributed by atoms with E-state index in [1.54, 1.807) is 13.1 Å². The first kappa shape index (κ1) is 16.7. The lowest BCUT2D eigenvalue weighted by atomic mass is 10.1. The zero-order chi connectivity index (χ0) is 17.1. The molecule has 2 aromatic heterocycles. The number of rotatable bonds is 6. The summed E-state index contributed by atoms with van der Waals surface area (Å²) in [5, 5.41) is 22.0. The molecule has 0 saturated heterocycles. The number of hydrogen-bond acceptors (Lipinski definition) is 5. The maximum Gasteiger partial charge on any atom is 0.345 e. The van der Waals surface area contributed by atoms with Gasteiger partial charge in [-0.15, -0.1) is 4.68 Å². The number of carbonyl (C=O) groups is 1. The van der Waals surface area contributed by atoms with Crippen LogP contribution in [0.3, 0.4) is 0 Å². The largest absolute Gasteiger partial charge is 0.358 e. The third kappa shape index (κ3) is 3.55. The van der Waals surface area contributed by atoms with E-state index >= 15 is 0 Å². The lowest BCUT2D eigenvalue weighted by molar-refractivity contribution is -0.392. The molecule has 1 unspecified atom stereocenters. The molecule has 0 aliphatic rings. The smallest absolute Gasteiger partial charge is 0.345 e. The first-order valence-corrected chi connectivity index (χ1v) is 7.34. The van der Waals surface area contributed by atoms with Gasteiger partial charge in [0, 0.05) is 17.8 Å². The molecule has 9 heteroatoms. The van der Waals surface area contributed by atoms with E-state index in [1.807, 2.05) is 25.5 Å². The minimum atomic E-state index is -0.549. The Hall–Kier alpha value is -2.71. The van der Waals surface area contributed by atoms with E-state index in [9.17, 15) is 14.9 Å². The van der Waals surface area contributed by atoms with Gasteiger partial charge in [-0.2, -0.15) is 5.10 Å². The number of carbonyl (C=O) groups excluding carboxylic acids is 1. The summed E-state index contributed by atoms with van der Waals surface area (Å²) in [6, 6.07) is 1.10. The Morgan fingerprint density at radius 1 is 1.43 bits per heavy atom. The van der Waals surface area contributed by atoms with Gasteiger partial charge in [-0.1, -0.05) is 5.10 Å². The van der Waals surface area contributed by atoms with Gasteiger partial charge in [0.1, 0.15) is 0 Å². The minimum absolute atomic E-state index is 0.194. The van der Waals surface area contributed by atoms with E-state index < -0.39 is 4.92 Å². The number of amides is 1. The first-order valence-electron chi connectivity index (χ1n) is 7.34. The van der Waals surface area contributed by atoms with Gasteiger partial charge in [0.15, 0.2) is 6.54 Å². The lowest BCUT2D eigenvalue weighted by Gasteiger charge is -2.13. The van der Waals surface area contributed by atoms with Gasteiger partial charge >= 0.3 is 5.82 Å². The highest BCUT2D eigenvalue weighted by molar-refractivity contribution is 5.76. The summed E-state index contributed by atoms with van der Waals surface area (Å²) in [7, 11) is 0. The van der Waals surface area contributed by atoms with Gasteiger partial charge in [0.25, 0.3) is 5.91 Å². The summed E-state index contributed by atoms with van der Waals surface area (Å²) in [4.78, 5) is 22.5. The first-order chi connectivity index (χ1) is 10.8. The highest BCUT2D eigenvalue weighted by Gasteiger charge is 2.21. The summed E-state index contributed by atoms with van der Waals surface area (Å²) in [6.07, 6.45) is 1.73. The van der Waals surface area contributed by atoms with Crippen LogP contribution in [0.4, 0.5) is 5.82 Å². The molecular formula is C14H20N6O3. The second-order valence-corrected chi connectivity index (χ2v) is 5.35. The molecular weight excluding hydrogens is 300 g/mol. The van der Waals surface area contributed by atoms with Crippen LogP contribution in [-0.4, -0.2) is 30.4 Å². The van der Waals surface area contributed by atoms with Crippen molar-refractivity contribution >= 4 is 11.7 Å². The van der Waals surface area contributed by atoms with Crippen molar-refractivity contribution in [3.8, 4) is 0 Å². The van der Waals surface area contributed by atoms with Gasteiger partial charge in [-0.05, 0) is 32.6 Å². The standard InChI is InChI=1S/C14H20N6O3/c1-5-18-11(4)12(7-15-18)10(3)16-13(21)8-19-14(20(22)23)6-9(2)17-19/h6-7,10H,5,8H2,1-4H3,(H,16,21). The molecule has 1 atom stereocenters. The predicted molar refractivity (Wildman–Crippen MR) is 82.8 cm³/mol. The van der Waals surface area contributed by atoms with Crippen LogP contribution < -0.4 is 5.32 Å². The molecule has 2 heterocycles. The summed E-state index contributed by atoms with van der Waals surface area (Å²) in [6.45, 7) is 7.99. The van der Waals surface area contributed by atoms with Crippen molar-refractivity contribution in [2.75, 3.05) is 0 Å². The molecule has 0 aliphatic carbocycles. The van der Waals surface area contributed by atoms with Crippen molar-refractivity contribution in [3.63, 3.8) is 0 Å². The van der Waals surface area contributed by atoms with Gasteiger partial charge in [-0.25, -0.2) is 0 Å². The normalized spacial score (nSPS) is 12.2. The maximum atomic E-state index is 12.1. The summed E-state index contributed by atoms with van der Waals surface area (Å²) >= 11 is 0. The number of nitro groups is 1. The van der Waals surface area contributed by atoms with Crippen molar-refractivity contribution in [3.05, 3.63) is 39.3 Å². The Balaban J connectivity index is 2.07. The van der Waals surface area contributed by atoms with Crippen LogP contribution in [0.1, 0.15) is 36.8 Å². The fourth-order valence-electron chi connectivity index (χ4n) is 2.50. The maximum absolute atomic E-state index is 12.1. The van der Waals surface area contributed by atoms with Crippen molar-refractivity contribution in [1.82, 2.24) is 24.9 Å². The number of nitrogens with zero attached hydrogens (tertiary/aromatic N) is 5. The SMILES string of the molecule is CCn1ncc(C(C)NC(=O)Cn2nc(C)cc2[N+](=O)[O-])c1C. The highest BCUT2D eigenvalue weighted by Crippen LogP contribution is 2.17. The minimum Gasteiger partial charge on any atom is -0.358 e. The van der Waals surface area contributed by atoms with Gasteiger partial charge in [-0.3, -0.25) is 9.48 Å². The highest BCUT2D eigenvalue weighted by atomic mass is 16.6. The summed E-state index contributed by atoms with van der Waals surface area (Å²) in [5.74, 6) is -0.535. The zero-order valence-corrected chi connectivity index (χ0v) is 13.6. The molecule has 1 N–H and O–H groups in total. The van der Waals surface area contributed by atoms with Crippen LogP contribution in [0.5, 0.6) is 0 Å². The van der Waals surface area contributed by atoms with Crippen molar-refractivity contribution in [2.24, 2.45) is 0 Å². The van der Waals surface area contributed by atoms with Crippen LogP contribution in [0.25, 0.3) is 0 Å². The molecule has 0 fully saturated rings. The fraction of sp³-hybridized carbons (Fsp3) is 0.500. The number of hydrogen-bond donors (Lipinski definition) is 1. The summed E-state index contributed by atoms with van der Waals surface area (Å²) < 4.78 is 2.94. The monoisotopic (exact) mass is 320 g/mol. The van der Waals surface area contributed by atoms with Crippen molar-refractivity contribution in [1.29, 1.82) is 0 Å². The van der Waals surface area contributed by atoms with Crippen LogP contribution >= 0.6 is 0 Å². The van der Waals surface area contributed by atoms with Crippen molar-refractivity contribution in [2.45, 2.75) is 46.8 Å². The summed E-state index contributed by atoms with van der Waals surface area (Å²) in [5.41, 5.74) is 2.41. The van der Waals surface area contributed by atoms with Gasteiger partial charge in [0.2, 0.25) is 0 Å². The van der Waals surface area contributed by atoms with Gasteiger partial charge < -0.3 is 15.4 Å². The third-order valence-electron chi connectivity index (χ3n) is 3.65. The van der Waals surface area contributed by atoms with Crippen molar-refractivity contribution < 1.29 is 9.72 Å². The Labute approximate surface area is 133 Å². The Morgan fingerprint density at radius 2 is 2.13 bits per heavy atom. The zero-order valence-electron chi connectivity index (χ0n) is 13.6. The molecule has 0 spiro atoms. The Bertz CT molecular complexity index is 733. The molecule has 0 radical (unpaired) electrons. The molecule has 23 heavy (non-hydrogen) atoms. The Kier molecular flexibility index (Phi) is 4.77. The predicted octanol–water partition coefficient (Wildman–Crippen LogP) is 1.50. The molecule has 0 aliphatic heterocycles. The van der Waals surface area contributed by atoms with E-state index in [4.69, 9.17) is 0 Å². The molecule has 2 aromatic rings. The second kappa shape index (κ2) is 6.59. The van der Waals surface area contributed by atoms with E-state index in [0.29, 0.717) is 5.69 Å². The molecule has 0 saturated carbocycles. The lowest BCUT2D eigenvalue weighted by Crippen LogP contribution is -2.31. The van der Waals surface area contributed by atoms with Crippen LogP contribution in [0.2, 0.25) is 0 Å². The molecule has 0 aromatic carbocycles. The fourth-order valence-corrected chi connectivity index (χ4v) is 2.50.